The van der Waals surface area contributed by atoms with Gasteiger partial charge in [-0.15, -0.1) is 0 Å². The number of nitrogens with zero attached hydrogens (tertiary/aromatic N) is 3. The van der Waals surface area contributed by atoms with Crippen molar-refractivity contribution in [2.45, 2.75) is 39.7 Å². The standard InChI is InChI=1S/C26H29N3OS/c1-6-14-29-22-13-12-19(15-21(22)18(2)17-26(29,3)4)16-23-24(30)28(5)25(31-23)27-20-10-8-7-9-11-20/h7-13,15-17H,6,14H2,1-5H3/b23-16+,27-25?. The van der Waals surface area contributed by atoms with Crippen LogP contribution in [0.5, 0.6) is 0 Å². The number of hydrogen-bond donors (Lipinski definition) is 0. The van der Waals surface area contributed by atoms with E-state index < -0.39 is 0 Å². The molecule has 31 heavy (non-hydrogen) atoms. The average Bonchev–Trinajstić information content (AvgIpc) is 2.99. The van der Waals surface area contributed by atoms with Crippen LogP contribution in [0.3, 0.4) is 0 Å². The van der Waals surface area contributed by atoms with Crippen LogP contribution in [0.4, 0.5) is 11.4 Å². The molecule has 1 fully saturated rings. The summed E-state index contributed by atoms with van der Waals surface area (Å²) in [5.41, 5.74) is 5.66. The van der Waals surface area contributed by atoms with Crippen molar-refractivity contribution in [1.82, 2.24) is 4.90 Å². The molecular weight excluding hydrogens is 402 g/mol. The summed E-state index contributed by atoms with van der Waals surface area (Å²) in [4.78, 5) is 22.3. The summed E-state index contributed by atoms with van der Waals surface area (Å²) < 4.78 is 0. The van der Waals surface area contributed by atoms with Gasteiger partial charge in [0.25, 0.3) is 5.91 Å². The fraction of sp³-hybridized carbons (Fsp3) is 0.308. The number of rotatable bonds is 4. The third-order valence-corrected chi connectivity index (χ3v) is 6.79. The van der Waals surface area contributed by atoms with Crippen molar-refractivity contribution in [3.63, 3.8) is 0 Å². The molecule has 2 aliphatic heterocycles. The first-order chi connectivity index (χ1) is 14.8. The number of likely N-dealkylation sites (N-methyl/N-ethyl adjacent to an activating group) is 1. The fourth-order valence-corrected chi connectivity index (χ4v) is 5.23. The Labute approximate surface area is 189 Å². The molecule has 4 nitrogen and oxygen atoms in total. The number of allylic oxidation sites excluding steroid dienone is 1. The first-order valence-electron chi connectivity index (χ1n) is 10.7. The van der Waals surface area contributed by atoms with Gasteiger partial charge in [-0.1, -0.05) is 37.3 Å². The largest absolute Gasteiger partial charge is 0.362 e. The maximum absolute atomic E-state index is 12.8. The Balaban J connectivity index is 1.67. The van der Waals surface area contributed by atoms with Crippen molar-refractivity contribution in [3.05, 3.63) is 70.6 Å². The van der Waals surface area contributed by atoms with E-state index in [0.717, 1.165) is 24.2 Å². The van der Waals surface area contributed by atoms with Gasteiger partial charge in [0.1, 0.15) is 0 Å². The second kappa shape index (κ2) is 8.39. The number of para-hydroxylation sites is 1. The van der Waals surface area contributed by atoms with Gasteiger partial charge in [0.15, 0.2) is 5.17 Å². The molecule has 2 heterocycles. The van der Waals surface area contributed by atoms with E-state index in [1.54, 1.807) is 11.9 Å². The Kier molecular flexibility index (Phi) is 5.80. The lowest BCUT2D eigenvalue weighted by Crippen LogP contribution is -2.45. The van der Waals surface area contributed by atoms with E-state index in [0.29, 0.717) is 10.1 Å². The molecule has 0 unspecified atom stereocenters. The van der Waals surface area contributed by atoms with Crippen molar-refractivity contribution in [1.29, 1.82) is 0 Å². The zero-order valence-corrected chi connectivity index (χ0v) is 19.7. The van der Waals surface area contributed by atoms with Crippen molar-refractivity contribution in [2.75, 3.05) is 18.5 Å². The molecule has 2 aromatic carbocycles. The maximum atomic E-state index is 12.8. The molecule has 0 bridgehead atoms. The molecule has 0 aliphatic carbocycles. The van der Waals surface area contributed by atoms with Crippen molar-refractivity contribution in [3.8, 4) is 0 Å². The zero-order chi connectivity index (χ0) is 22.2. The highest BCUT2D eigenvalue weighted by atomic mass is 32.2. The molecule has 0 atom stereocenters. The van der Waals surface area contributed by atoms with Gasteiger partial charge in [0.05, 0.1) is 16.1 Å². The fourth-order valence-electron chi connectivity index (χ4n) is 4.24. The van der Waals surface area contributed by atoms with E-state index >= 15 is 0 Å². The van der Waals surface area contributed by atoms with Crippen molar-refractivity contribution in [2.24, 2.45) is 4.99 Å². The molecule has 2 aromatic rings. The first kappa shape index (κ1) is 21.4. The number of amides is 1. The summed E-state index contributed by atoms with van der Waals surface area (Å²) in [6, 6.07) is 16.2. The lowest BCUT2D eigenvalue weighted by molar-refractivity contribution is -0.121. The van der Waals surface area contributed by atoms with Crippen LogP contribution in [0.2, 0.25) is 0 Å². The highest BCUT2D eigenvalue weighted by molar-refractivity contribution is 8.18. The van der Waals surface area contributed by atoms with Crippen LogP contribution in [-0.4, -0.2) is 35.1 Å². The topological polar surface area (TPSA) is 35.9 Å². The minimum absolute atomic E-state index is 0.00411. The molecule has 0 N–H and O–H groups in total. The molecule has 2 aliphatic rings. The van der Waals surface area contributed by atoms with E-state index in [1.807, 2.05) is 36.4 Å². The van der Waals surface area contributed by atoms with Crippen LogP contribution >= 0.6 is 11.8 Å². The van der Waals surface area contributed by atoms with E-state index in [1.165, 1.54) is 28.6 Å². The second-order valence-electron chi connectivity index (χ2n) is 8.61. The van der Waals surface area contributed by atoms with Crippen molar-refractivity contribution >= 4 is 45.9 Å². The van der Waals surface area contributed by atoms with Crippen LogP contribution in [0.25, 0.3) is 11.6 Å². The van der Waals surface area contributed by atoms with Crippen molar-refractivity contribution < 1.29 is 4.79 Å². The Hall–Kier alpha value is -2.79. The Morgan fingerprint density at radius 2 is 1.87 bits per heavy atom. The molecule has 160 valence electrons. The number of benzene rings is 2. The SMILES string of the molecule is CCCN1c2ccc(/C=C3/SC(=Nc4ccccc4)N(C)C3=O)cc2C(C)=CC1(C)C. The summed E-state index contributed by atoms with van der Waals surface area (Å²) in [5.74, 6) is -0.0154. The van der Waals surface area contributed by atoms with Crippen LogP contribution in [0.1, 0.15) is 45.2 Å². The normalized spacial score (nSPS) is 20.4. The van der Waals surface area contributed by atoms with Gasteiger partial charge in [-0.25, -0.2) is 4.99 Å². The number of anilines is 1. The molecular formula is C26H29N3OS. The smallest absolute Gasteiger partial charge is 0.266 e. The minimum Gasteiger partial charge on any atom is -0.362 e. The van der Waals surface area contributed by atoms with Gasteiger partial charge in [-0.05, 0) is 80.4 Å². The van der Waals surface area contributed by atoms with Gasteiger partial charge < -0.3 is 4.90 Å². The van der Waals surface area contributed by atoms with Gasteiger partial charge >= 0.3 is 0 Å². The van der Waals surface area contributed by atoms with Gasteiger partial charge in [0, 0.05) is 24.8 Å². The lowest BCUT2D eigenvalue weighted by Gasteiger charge is -2.43. The number of thioether (sulfide) groups is 1. The number of carbonyl (C=O) groups is 1. The van der Waals surface area contributed by atoms with Gasteiger partial charge in [-0.2, -0.15) is 0 Å². The lowest BCUT2D eigenvalue weighted by atomic mass is 9.88. The summed E-state index contributed by atoms with van der Waals surface area (Å²) in [6.45, 7) is 9.94. The highest BCUT2D eigenvalue weighted by Gasteiger charge is 2.32. The Morgan fingerprint density at radius 3 is 2.58 bits per heavy atom. The predicted molar refractivity (Wildman–Crippen MR) is 134 cm³/mol. The van der Waals surface area contributed by atoms with Crippen LogP contribution in [-0.2, 0) is 4.79 Å². The average molecular weight is 432 g/mol. The molecule has 5 heteroatoms. The molecule has 0 radical (unpaired) electrons. The molecule has 4 rings (SSSR count). The molecule has 0 aromatic heterocycles. The van der Waals surface area contributed by atoms with E-state index in [-0.39, 0.29) is 11.4 Å². The van der Waals surface area contributed by atoms with E-state index in [2.05, 4.69) is 61.9 Å². The number of fused-ring (bicyclic) bond motifs is 1. The quantitative estimate of drug-likeness (QED) is 0.531. The van der Waals surface area contributed by atoms with Crippen LogP contribution in [0, 0.1) is 0 Å². The van der Waals surface area contributed by atoms with Gasteiger partial charge in [0.2, 0.25) is 0 Å². The molecule has 0 saturated carbocycles. The third kappa shape index (κ3) is 4.19. The van der Waals surface area contributed by atoms with Gasteiger partial charge in [-0.3, -0.25) is 9.69 Å². The zero-order valence-electron chi connectivity index (χ0n) is 18.8. The predicted octanol–water partition coefficient (Wildman–Crippen LogP) is 6.33. The molecule has 1 amide bonds. The molecule has 0 spiro atoms. The van der Waals surface area contributed by atoms with Crippen LogP contribution < -0.4 is 4.90 Å². The Morgan fingerprint density at radius 1 is 1.13 bits per heavy atom. The van der Waals surface area contributed by atoms with E-state index in [4.69, 9.17) is 0 Å². The number of carbonyl (C=O) groups excluding carboxylic acids is 1. The number of aliphatic imine (C=N–C) groups is 1. The number of amidine groups is 1. The summed E-state index contributed by atoms with van der Waals surface area (Å²) in [5, 5.41) is 0.701. The summed E-state index contributed by atoms with van der Waals surface area (Å²) in [7, 11) is 1.78. The Bertz CT molecular complexity index is 1100. The first-order valence-corrected chi connectivity index (χ1v) is 11.5. The summed E-state index contributed by atoms with van der Waals surface area (Å²) in [6.07, 6.45) is 5.42. The van der Waals surface area contributed by atoms with E-state index in [9.17, 15) is 4.79 Å². The third-order valence-electron chi connectivity index (χ3n) is 5.73. The molecule has 1 saturated heterocycles. The maximum Gasteiger partial charge on any atom is 0.266 e. The number of hydrogen-bond acceptors (Lipinski definition) is 4. The van der Waals surface area contributed by atoms with Crippen LogP contribution in [0.15, 0.2) is 64.5 Å². The monoisotopic (exact) mass is 431 g/mol. The highest BCUT2D eigenvalue weighted by Crippen LogP contribution is 2.40. The minimum atomic E-state index is -0.0154. The summed E-state index contributed by atoms with van der Waals surface area (Å²) >= 11 is 1.43. The second-order valence-corrected chi connectivity index (χ2v) is 9.62.